The third-order valence-corrected chi connectivity index (χ3v) is 2.27. The molecule has 0 spiro atoms. The molecule has 0 rings (SSSR count). The molecule has 0 N–H and O–H groups in total. The Kier molecular flexibility index (Phi) is 21.5. The van der Waals surface area contributed by atoms with Gasteiger partial charge in [-0.1, -0.05) is 0 Å². The van der Waals surface area contributed by atoms with Gasteiger partial charge in [-0.15, -0.1) is 11.6 Å². The molecule has 0 saturated heterocycles. The van der Waals surface area contributed by atoms with E-state index in [9.17, 15) is 19.2 Å². The van der Waals surface area contributed by atoms with E-state index in [0.717, 1.165) is 0 Å². The Hall–Kier alpha value is -2.45. The molecule has 1 unspecified atom stereocenters. The molecule has 140 valence electrons. The fourth-order valence-corrected chi connectivity index (χ4v) is 0.964. The first kappa shape index (κ1) is 27.4. The molecule has 0 aromatic rings. The summed E-state index contributed by atoms with van der Waals surface area (Å²) in [5, 5.41) is 0. The fraction of sp³-hybridized carbons (Fsp3) is 0.625. The van der Waals surface area contributed by atoms with Gasteiger partial charge in [0, 0.05) is 0 Å². The molecule has 0 aromatic carbocycles. The lowest BCUT2D eigenvalue weighted by Crippen LogP contribution is -2.22. The SMILES string of the molecule is CC(=O)CCl.[C-]#[N+]C(CC(C)=O)C(=O)OCC.[C-]#[N+]CC(=O)OCC. The number of alkyl halides is 1. The van der Waals surface area contributed by atoms with Crippen molar-refractivity contribution in [3.05, 3.63) is 22.8 Å². The summed E-state index contributed by atoms with van der Waals surface area (Å²) in [5.41, 5.74) is 0. The van der Waals surface area contributed by atoms with E-state index in [0.29, 0.717) is 6.61 Å². The topological polar surface area (TPSA) is 95.5 Å². The van der Waals surface area contributed by atoms with Gasteiger partial charge in [-0.25, -0.2) is 22.7 Å². The van der Waals surface area contributed by atoms with Crippen LogP contribution in [0.1, 0.15) is 34.1 Å². The summed E-state index contributed by atoms with van der Waals surface area (Å²) < 4.78 is 9.02. The van der Waals surface area contributed by atoms with E-state index in [2.05, 4.69) is 19.2 Å². The van der Waals surface area contributed by atoms with Crippen molar-refractivity contribution in [3.63, 3.8) is 0 Å². The molecule has 9 heteroatoms. The van der Waals surface area contributed by atoms with Gasteiger partial charge in [0.25, 0.3) is 0 Å². The molecule has 1 atom stereocenters. The number of rotatable bonds is 7. The van der Waals surface area contributed by atoms with Gasteiger partial charge < -0.3 is 19.2 Å². The van der Waals surface area contributed by atoms with Crippen LogP contribution in [0.3, 0.4) is 0 Å². The van der Waals surface area contributed by atoms with Gasteiger partial charge in [0.05, 0.1) is 25.5 Å². The highest BCUT2D eigenvalue weighted by atomic mass is 35.5. The van der Waals surface area contributed by atoms with E-state index in [-0.39, 0.29) is 37.0 Å². The Morgan fingerprint density at radius 1 is 1.00 bits per heavy atom. The zero-order chi connectivity index (χ0) is 20.3. The predicted molar refractivity (Wildman–Crippen MR) is 91.8 cm³/mol. The highest BCUT2D eigenvalue weighted by molar-refractivity contribution is 6.27. The van der Waals surface area contributed by atoms with Crippen molar-refractivity contribution in [1.29, 1.82) is 0 Å². The second-order valence-electron chi connectivity index (χ2n) is 4.26. The van der Waals surface area contributed by atoms with Gasteiger partial charge in [0.1, 0.15) is 11.6 Å². The van der Waals surface area contributed by atoms with Crippen LogP contribution in [0.25, 0.3) is 9.69 Å². The number of Topliss-reactive ketones (excluding diaryl/α,β-unsaturated/α-hetero) is 2. The Morgan fingerprint density at radius 3 is 1.76 bits per heavy atom. The summed E-state index contributed by atoms with van der Waals surface area (Å²) in [5.74, 6) is -1.07. The minimum atomic E-state index is -0.956. The van der Waals surface area contributed by atoms with E-state index in [1.807, 2.05) is 0 Å². The summed E-state index contributed by atoms with van der Waals surface area (Å²) in [4.78, 5) is 47.2. The third kappa shape index (κ3) is 23.9. The van der Waals surface area contributed by atoms with Crippen molar-refractivity contribution in [2.24, 2.45) is 0 Å². The Labute approximate surface area is 153 Å². The lowest BCUT2D eigenvalue weighted by molar-refractivity contribution is -0.144. The number of carbonyl (C=O) groups is 4. The van der Waals surface area contributed by atoms with Crippen LogP contribution in [0.2, 0.25) is 0 Å². The largest absolute Gasteiger partial charge is 0.460 e. The predicted octanol–water partition coefficient (Wildman–Crippen LogP) is 2.10. The summed E-state index contributed by atoms with van der Waals surface area (Å²) in [6.45, 7) is 19.5. The van der Waals surface area contributed by atoms with Gasteiger partial charge in [-0.2, -0.15) is 0 Å². The van der Waals surface area contributed by atoms with Crippen LogP contribution in [0.5, 0.6) is 0 Å². The van der Waals surface area contributed by atoms with E-state index in [4.69, 9.17) is 24.7 Å². The lowest BCUT2D eigenvalue weighted by atomic mass is 10.2. The first-order chi connectivity index (χ1) is 11.7. The van der Waals surface area contributed by atoms with Gasteiger partial charge in [0.15, 0.2) is 0 Å². The molecular formula is C16H23ClN2O6. The number of hydrogen-bond donors (Lipinski definition) is 0. The van der Waals surface area contributed by atoms with E-state index >= 15 is 0 Å². The molecule has 0 amide bonds. The molecule has 0 aliphatic rings. The summed E-state index contributed by atoms with van der Waals surface area (Å²) >= 11 is 4.99. The monoisotopic (exact) mass is 374 g/mol. The molecule has 0 radical (unpaired) electrons. The standard InChI is InChI=1S/C8H11NO3.C5H7NO2.C3H5ClO/c1-4-12-8(11)7(9-3)5-6(2)10;1-3-8-5(7)4-6-2;1-3(5)2-4/h7H,4-5H2,1-2H3;3-4H2,1H3;2H2,1H3. The third-order valence-electron chi connectivity index (χ3n) is 1.90. The molecule has 0 heterocycles. The van der Waals surface area contributed by atoms with Crippen molar-refractivity contribution >= 4 is 35.1 Å². The average Bonchev–Trinajstić information content (AvgIpc) is 2.54. The molecular weight excluding hydrogens is 352 g/mol. The number of ketones is 2. The van der Waals surface area contributed by atoms with Crippen LogP contribution in [0.4, 0.5) is 0 Å². The number of ether oxygens (including phenoxy) is 2. The normalized spacial score (nSPS) is 9.40. The first-order valence-corrected chi connectivity index (χ1v) is 7.80. The second-order valence-corrected chi connectivity index (χ2v) is 4.53. The van der Waals surface area contributed by atoms with Crippen LogP contribution in [-0.2, 0) is 28.7 Å². The smallest absolute Gasteiger partial charge is 0.390 e. The van der Waals surface area contributed by atoms with E-state index < -0.39 is 18.0 Å². The Bertz CT molecular complexity index is 508. The zero-order valence-electron chi connectivity index (χ0n) is 14.8. The maximum absolute atomic E-state index is 10.9. The van der Waals surface area contributed by atoms with Crippen molar-refractivity contribution in [3.8, 4) is 0 Å². The number of esters is 2. The molecule has 25 heavy (non-hydrogen) atoms. The molecule has 0 saturated carbocycles. The summed E-state index contributed by atoms with van der Waals surface area (Å²) in [7, 11) is 0. The quantitative estimate of drug-likeness (QED) is 0.384. The van der Waals surface area contributed by atoms with Crippen molar-refractivity contribution < 1.29 is 28.7 Å². The van der Waals surface area contributed by atoms with Gasteiger partial charge >= 0.3 is 24.5 Å². The van der Waals surface area contributed by atoms with Crippen molar-refractivity contribution in [2.75, 3.05) is 25.6 Å². The van der Waals surface area contributed by atoms with Crippen LogP contribution >= 0.6 is 11.6 Å². The fourth-order valence-electron chi connectivity index (χ4n) is 0.964. The van der Waals surface area contributed by atoms with Crippen LogP contribution in [0, 0.1) is 13.1 Å². The summed E-state index contributed by atoms with van der Waals surface area (Å²) in [6, 6.07) is -0.956. The molecule has 0 aromatic heterocycles. The van der Waals surface area contributed by atoms with Gasteiger partial charge in [0.2, 0.25) is 0 Å². The Morgan fingerprint density at radius 2 is 1.48 bits per heavy atom. The maximum Gasteiger partial charge on any atom is 0.390 e. The van der Waals surface area contributed by atoms with Gasteiger partial charge in [-0.3, -0.25) is 9.59 Å². The minimum absolute atomic E-state index is 0.0201. The van der Waals surface area contributed by atoms with Gasteiger partial charge in [-0.05, 0) is 27.7 Å². The minimum Gasteiger partial charge on any atom is -0.460 e. The number of hydrogen-bond acceptors (Lipinski definition) is 6. The summed E-state index contributed by atoms with van der Waals surface area (Å²) in [6.07, 6.45) is -0.0532. The van der Waals surface area contributed by atoms with Crippen molar-refractivity contribution in [2.45, 2.75) is 40.2 Å². The molecule has 0 aliphatic carbocycles. The molecule has 0 fully saturated rings. The highest BCUT2D eigenvalue weighted by Gasteiger charge is 2.26. The Balaban J connectivity index is -0.000000321. The number of nitrogens with zero attached hydrogens (tertiary/aromatic N) is 2. The second kappa shape index (κ2) is 19.6. The number of carbonyl (C=O) groups excluding carboxylic acids is 4. The first-order valence-electron chi connectivity index (χ1n) is 7.26. The average molecular weight is 375 g/mol. The lowest BCUT2D eigenvalue weighted by Gasteiger charge is -2.01. The molecule has 8 nitrogen and oxygen atoms in total. The number of halogens is 1. The van der Waals surface area contributed by atoms with Crippen LogP contribution in [-0.4, -0.2) is 55.2 Å². The van der Waals surface area contributed by atoms with Crippen LogP contribution in [0.15, 0.2) is 0 Å². The maximum atomic E-state index is 10.9. The zero-order valence-corrected chi connectivity index (χ0v) is 15.6. The molecule has 0 bridgehead atoms. The molecule has 0 aliphatic heterocycles. The van der Waals surface area contributed by atoms with E-state index in [1.54, 1.807) is 13.8 Å². The van der Waals surface area contributed by atoms with Crippen molar-refractivity contribution in [1.82, 2.24) is 0 Å². The van der Waals surface area contributed by atoms with E-state index in [1.165, 1.54) is 13.8 Å². The highest BCUT2D eigenvalue weighted by Crippen LogP contribution is 2.01. The van der Waals surface area contributed by atoms with Crippen LogP contribution < -0.4 is 0 Å².